The summed E-state index contributed by atoms with van der Waals surface area (Å²) in [7, 11) is 0. The van der Waals surface area contributed by atoms with Gasteiger partial charge in [-0.2, -0.15) is 0 Å². The number of hydrogen-bond donors (Lipinski definition) is 0. The molecule has 17 heteroatoms. The Morgan fingerprint density at radius 1 is 0.257 bits per heavy atom. The van der Waals surface area contributed by atoms with Gasteiger partial charge in [0, 0.05) is 0 Å². The van der Waals surface area contributed by atoms with E-state index in [0.29, 0.717) is 0 Å². The molecular formula is C18BClF15-. The summed E-state index contributed by atoms with van der Waals surface area (Å²) in [6, 6.07) is 0. The van der Waals surface area contributed by atoms with Crippen molar-refractivity contribution in [3.05, 3.63) is 87.3 Å². The zero-order valence-corrected chi connectivity index (χ0v) is 16.4. The van der Waals surface area contributed by atoms with Gasteiger partial charge < -0.3 is 11.5 Å². The van der Waals surface area contributed by atoms with Crippen molar-refractivity contribution in [2.45, 2.75) is 0 Å². The minimum absolute atomic E-state index is 2.87. The third kappa shape index (κ3) is 3.44. The Bertz CT molecular complexity index is 1170. The van der Waals surface area contributed by atoms with E-state index in [1.807, 2.05) is 0 Å². The van der Waals surface area contributed by atoms with Gasteiger partial charge in [0.2, 0.25) is 0 Å². The zero-order valence-electron chi connectivity index (χ0n) is 15.6. The lowest BCUT2D eigenvalue weighted by molar-refractivity contribution is 0.380. The molecule has 3 rings (SSSR count). The Kier molecular flexibility index (Phi) is 6.50. The molecule has 0 unspecified atom stereocenters. The number of rotatable bonds is 3. The first-order valence-corrected chi connectivity index (χ1v) is 8.86. The van der Waals surface area contributed by atoms with E-state index < -0.39 is 109 Å². The van der Waals surface area contributed by atoms with Crippen LogP contribution in [0.25, 0.3) is 0 Å². The highest BCUT2D eigenvalue weighted by molar-refractivity contribution is 7.40. The Balaban J connectivity index is 2.78. The van der Waals surface area contributed by atoms with Gasteiger partial charge in [0.1, 0.15) is 34.9 Å². The molecule has 3 aromatic carbocycles. The molecule has 0 saturated heterocycles. The maximum atomic E-state index is 14.6. The van der Waals surface area contributed by atoms with Gasteiger partial charge in [-0.15, -0.1) is 16.4 Å². The van der Waals surface area contributed by atoms with Crippen LogP contribution >= 0.6 is 11.5 Å². The van der Waals surface area contributed by atoms with Gasteiger partial charge in [0.25, 0.3) is 0 Å². The second kappa shape index (κ2) is 8.57. The van der Waals surface area contributed by atoms with Crippen LogP contribution in [0, 0.1) is 87.3 Å². The smallest absolute Gasteiger partial charge is 0.200 e. The molecule has 0 aliphatic heterocycles. The summed E-state index contributed by atoms with van der Waals surface area (Å²) in [6.07, 6.45) is 0. The van der Waals surface area contributed by atoms with Gasteiger partial charge >= 0.3 is 0 Å². The van der Waals surface area contributed by atoms with Crippen molar-refractivity contribution in [1.82, 2.24) is 0 Å². The van der Waals surface area contributed by atoms with Crippen molar-refractivity contribution in [2.24, 2.45) is 0 Å². The predicted octanol–water partition coefficient (Wildman–Crippen LogP) is 4.98. The molecule has 3 aromatic rings. The van der Waals surface area contributed by atoms with Crippen molar-refractivity contribution in [1.29, 1.82) is 0 Å². The van der Waals surface area contributed by atoms with E-state index in [2.05, 4.69) is 0 Å². The van der Waals surface area contributed by atoms with Crippen molar-refractivity contribution >= 4 is 33.4 Å². The van der Waals surface area contributed by atoms with Crippen molar-refractivity contribution in [3.63, 3.8) is 0 Å². The SMILES string of the molecule is Fc1c(F)c(F)c([B-](Cl)(c2c(F)c(F)c(F)c(F)c2F)c2c(F)c(F)c(F)c(F)c2F)c(F)c1F. The molecule has 0 fully saturated rings. The zero-order chi connectivity index (χ0) is 26.9. The van der Waals surface area contributed by atoms with Gasteiger partial charge in [0.05, 0.1) is 0 Å². The van der Waals surface area contributed by atoms with Crippen LogP contribution in [-0.2, 0) is 0 Å². The molecule has 0 bridgehead atoms. The van der Waals surface area contributed by atoms with Gasteiger partial charge in [-0.3, -0.25) is 0 Å². The van der Waals surface area contributed by atoms with Crippen LogP contribution in [0.4, 0.5) is 65.9 Å². The minimum atomic E-state index is -5.94. The fraction of sp³-hybridized carbons (Fsp3) is 0. The van der Waals surface area contributed by atoms with Gasteiger partial charge in [-0.05, 0) is 0 Å². The van der Waals surface area contributed by atoms with Crippen molar-refractivity contribution in [3.8, 4) is 0 Å². The second-order valence-corrected chi connectivity index (χ2v) is 7.37. The summed E-state index contributed by atoms with van der Waals surface area (Å²) in [4.78, 5) is 0. The minimum Gasteiger partial charge on any atom is -0.370 e. The highest BCUT2D eigenvalue weighted by Gasteiger charge is 2.47. The first-order valence-electron chi connectivity index (χ1n) is 8.42. The normalized spacial score (nSPS) is 12.0. The number of hydrogen-bond acceptors (Lipinski definition) is 0. The molecule has 0 atom stereocenters. The fourth-order valence-electron chi connectivity index (χ4n) is 3.35. The van der Waals surface area contributed by atoms with E-state index in [0.717, 1.165) is 0 Å². The van der Waals surface area contributed by atoms with E-state index in [9.17, 15) is 65.9 Å². The van der Waals surface area contributed by atoms with Crippen LogP contribution in [-0.4, -0.2) is 5.56 Å². The molecule has 0 N–H and O–H groups in total. The summed E-state index contributed by atoms with van der Waals surface area (Å²) >= 11 is 5.59. The summed E-state index contributed by atoms with van der Waals surface area (Å²) in [5.74, 6) is -46.5. The van der Waals surface area contributed by atoms with Crippen LogP contribution in [0.1, 0.15) is 0 Å². The summed E-state index contributed by atoms with van der Waals surface area (Å²) in [5, 5.41) is 0. The van der Waals surface area contributed by atoms with Crippen LogP contribution < -0.4 is 16.4 Å². The Hall–Kier alpha value is -3.04. The summed E-state index contributed by atoms with van der Waals surface area (Å²) in [6.45, 7) is 0. The van der Waals surface area contributed by atoms with E-state index in [1.165, 1.54) is 0 Å². The molecular weight excluding hydrogens is 547 g/mol. The Morgan fingerprint density at radius 3 is 0.514 bits per heavy atom. The summed E-state index contributed by atoms with van der Waals surface area (Å²) < 4.78 is 211. The lowest BCUT2D eigenvalue weighted by Crippen LogP contribution is -2.69. The van der Waals surface area contributed by atoms with E-state index >= 15 is 0 Å². The lowest BCUT2D eigenvalue weighted by atomic mass is 9.34. The third-order valence-corrected chi connectivity index (χ3v) is 5.58. The van der Waals surface area contributed by atoms with Crippen LogP contribution in [0.15, 0.2) is 0 Å². The average Bonchev–Trinajstić information content (AvgIpc) is 2.81. The second-order valence-electron chi connectivity index (χ2n) is 6.71. The van der Waals surface area contributed by atoms with E-state index in [1.54, 1.807) is 0 Å². The van der Waals surface area contributed by atoms with E-state index in [4.69, 9.17) is 11.5 Å². The maximum absolute atomic E-state index is 14.6. The van der Waals surface area contributed by atoms with Gasteiger partial charge in [-0.25, -0.2) is 65.9 Å². The highest BCUT2D eigenvalue weighted by atomic mass is 35.5. The molecule has 0 amide bonds. The molecule has 0 saturated carbocycles. The third-order valence-electron chi connectivity index (χ3n) is 4.92. The van der Waals surface area contributed by atoms with Crippen LogP contribution in [0.5, 0.6) is 0 Å². The van der Waals surface area contributed by atoms with E-state index in [-0.39, 0.29) is 0 Å². The first kappa shape index (κ1) is 26.6. The number of halogens is 16. The van der Waals surface area contributed by atoms with Crippen LogP contribution in [0.2, 0.25) is 0 Å². The predicted molar refractivity (Wildman–Crippen MR) is 89.2 cm³/mol. The van der Waals surface area contributed by atoms with Crippen molar-refractivity contribution < 1.29 is 65.9 Å². The Labute approximate surface area is 187 Å². The molecule has 35 heavy (non-hydrogen) atoms. The van der Waals surface area contributed by atoms with Crippen molar-refractivity contribution in [2.75, 3.05) is 0 Å². The van der Waals surface area contributed by atoms with Crippen LogP contribution in [0.3, 0.4) is 0 Å². The monoisotopic (exact) mass is 547 g/mol. The molecule has 0 aliphatic rings. The van der Waals surface area contributed by atoms with Gasteiger partial charge in [-0.1, -0.05) is 0 Å². The molecule has 0 radical (unpaired) electrons. The maximum Gasteiger partial charge on any atom is 0.200 e. The molecule has 0 spiro atoms. The number of benzene rings is 3. The highest BCUT2D eigenvalue weighted by Crippen LogP contribution is 2.29. The first-order chi connectivity index (χ1) is 16.0. The molecule has 188 valence electrons. The average molecular weight is 547 g/mol. The largest absolute Gasteiger partial charge is 0.370 e. The standard InChI is InChI=1S/C18BClF15/c20-19(1-4(21)10(27)16(33)11(28)5(1)22,2-6(23)12(29)17(34)13(30)7(2)24)3-8(25)14(31)18(35)15(32)9(3)26/q-1. The molecule has 0 aliphatic carbocycles. The Morgan fingerprint density at radius 2 is 0.371 bits per heavy atom. The van der Waals surface area contributed by atoms with Gasteiger partial charge in [0.15, 0.2) is 57.9 Å². The summed E-state index contributed by atoms with van der Waals surface area (Å²) in [5.41, 5.74) is -14.5. The molecule has 0 nitrogen and oxygen atoms in total. The quantitative estimate of drug-likeness (QED) is 0.188. The fourth-order valence-corrected chi connectivity index (χ4v) is 3.92. The molecule has 0 aromatic heterocycles. The lowest BCUT2D eigenvalue weighted by Gasteiger charge is -2.38. The topological polar surface area (TPSA) is 0 Å². The molecule has 0 heterocycles.